The summed E-state index contributed by atoms with van der Waals surface area (Å²) >= 11 is 0. The summed E-state index contributed by atoms with van der Waals surface area (Å²) in [6.45, 7) is 6.28. The van der Waals surface area contributed by atoms with E-state index in [9.17, 15) is 0 Å². The number of aromatic nitrogens is 2. The van der Waals surface area contributed by atoms with Gasteiger partial charge < -0.3 is 4.74 Å². The van der Waals surface area contributed by atoms with E-state index in [-0.39, 0.29) is 5.92 Å². The van der Waals surface area contributed by atoms with Gasteiger partial charge in [-0.2, -0.15) is 0 Å². The summed E-state index contributed by atoms with van der Waals surface area (Å²) in [5.74, 6) is 1.81. The highest BCUT2D eigenvalue weighted by molar-refractivity contribution is 5.54. The van der Waals surface area contributed by atoms with Crippen molar-refractivity contribution in [1.82, 2.24) is 9.38 Å². The zero-order valence-electron chi connectivity index (χ0n) is 13.8. The van der Waals surface area contributed by atoms with Gasteiger partial charge in [-0.1, -0.05) is 19.9 Å². The van der Waals surface area contributed by atoms with Gasteiger partial charge in [0.2, 0.25) is 0 Å². The number of benzene rings is 1. The van der Waals surface area contributed by atoms with Crippen molar-refractivity contribution in [1.29, 1.82) is 0 Å². The molecular weight excluding hydrogens is 288 g/mol. The normalized spacial score (nSPS) is 11.7. The fraction of sp³-hybridized carbons (Fsp3) is 0.278. The van der Waals surface area contributed by atoms with Crippen LogP contribution >= 0.6 is 0 Å². The third-order valence-corrected chi connectivity index (χ3v) is 3.64. The molecule has 0 amide bonds. The molecule has 5 heteroatoms. The topological polar surface area (TPSA) is 51.2 Å². The standard InChI is InChI=1S/C18H20N4O/c1-12(2)17-18(22-9-8-13(3)10-16(22)19-17)21-20-14-6-5-7-15(11-14)23-4/h5-12H,1-4H3. The molecule has 3 rings (SSSR count). The average molecular weight is 308 g/mol. The van der Waals surface area contributed by atoms with Gasteiger partial charge >= 0.3 is 0 Å². The van der Waals surface area contributed by atoms with Gasteiger partial charge in [-0.3, -0.25) is 4.40 Å². The molecule has 118 valence electrons. The fourth-order valence-electron chi connectivity index (χ4n) is 2.42. The van der Waals surface area contributed by atoms with Gasteiger partial charge in [-0.15, -0.1) is 10.2 Å². The van der Waals surface area contributed by atoms with Crippen LogP contribution in [0.4, 0.5) is 11.5 Å². The quantitative estimate of drug-likeness (QED) is 0.623. The van der Waals surface area contributed by atoms with Gasteiger partial charge in [-0.05, 0) is 42.7 Å². The number of fused-ring (bicyclic) bond motifs is 1. The van der Waals surface area contributed by atoms with Gasteiger partial charge in [0.05, 0.1) is 18.5 Å². The largest absolute Gasteiger partial charge is 0.497 e. The molecule has 0 unspecified atom stereocenters. The summed E-state index contributed by atoms with van der Waals surface area (Å²) in [7, 11) is 1.64. The van der Waals surface area contributed by atoms with Crippen LogP contribution in [0.5, 0.6) is 5.75 Å². The van der Waals surface area contributed by atoms with Gasteiger partial charge in [0.25, 0.3) is 0 Å². The lowest BCUT2D eigenvalue weighted by atomic mass is 10.1. The number of methoxy groups -OCH3 is 1. The lowest BCUT2D eigenvalue weighted by molar-refractivity contribution is 0.415. The maximum Gasteiger partial charge on any atom is 0.183 e. The molecule has 0 bridgehead atoms. The van der Waals surface area contributed by atoms with E-state index in [1.807, 2.05) is 40.9 Å². The van der Waals surface area contributed by atoms with Gasteiger partial charge in [0.15, 0.2) is 5.82 Å². The lowest BCUT2D eigenvalue weighted by Gasteiger charge is -2.02. The molecule has 0 radical (unpaired) electrons. The highest BCUT2D eigenvalue weighted by atomic mass is 16.5. The third kappa shape index (κ3) is 3.08. The van der Waals surface area contributed by atoms with Gasteiger partial charge in [-0.25, -0.2) is 4.98 Å². The molecule has 0 N–H and O–H groups in total. The number of aryl methyl sites for hydroxylation is 1. The van der Waals surface area contributed by atoms with Crippen LogP contribution in [0.3, 0.4) is 0 Å². The predicted molar refractivity (Wildman–Crippen MR) is 91.2 cm³/mol. The van der Waals surface area contributed by atoms with E-state index in [2.05, 4.69) is 37.1 Å². The van der Waals surface area contributed by atoms with E-state index in [0.717, 1.165) is 28.6 Å². The second-order valence-electron chi connectivity index (χ2n) is 5.81. The van der Waals surface area contributed by atoms with Crippen LogP contribution in [0.25, 0.3) is 5.65 Å². The van der Waals surface area contributed by atoms with Crippen molar-refractivity contribution >= 4 is 17.2 Å². The molecule has 0 fully saturated rings. The Morgan fingerprint density at radius 2 is 1.96 bits per heavy atom. The number of nitrogens with zero attached hydrogens (tertiary/aromatic N) is 4. The number of rotatable bonds is 4. The van der Waals surface area contributed by atoms with Crippen molar-refractivity contribution in [2.24, 2.45) is 10.2 Å². The summed E-state index contributed by atoms with van der Waals surface area (Å²) in [6.07, 6.45) is 1.99. The molecule has 23 heavy (non-hydrogen) atoms. The Kier molecular flexibility index (Phi) is 4.10. The number of pyridine rings is 1. The summed E-state index contributed by atoms with van der Waals surface area (Å²) < 4.78 is 7.20. The molecule has 2 heterocycles. The lowest BCUT2D eigenvalue weighted by Crippen LogP contribution is -1.87. The Bertz CT molecular complexity index is 865. The maximum absolute atomic E-state index is 5.22. The van der Waals surface area contributed by atoms with Crippen LogP contribution in [0.15, 0.2) is 52.8 Å². The molecule has 0 saturated carbocycles. The molecule has 0 spiro atoms. The van der Waals surface area contributed by atoms with Crippen LogP contribution in [0.1, 0.15) is 31.0 Å². The molecule has 0 aliphatic rings. The smallest absolute Gasteiger partial charge is 0.183 e. The van der Waals surface area contributed by atoms with Crippen molar-refractivity contribution in [2.45, 2.75) is 26.7 Å². The van der Waals surface area contributed by atoms with Crippen LogP contribution < -0.4 is 4.74 Å². The first kappa shape index (κ1) is 15.2. The first-order valence-corrected chi connectivity index (χ1v) is 7.63. The third-order valence-electron chi connectivity index (χ3n) is 3.64. The molecule has 2 aromatic heterocycles. The Labute approximate surface area is 135 Å². The van der Waals surface area contributed by atoms with Crippen molar-refractivity contribution in [3.05, 3.63) is 53.9 Å². The number of imidazole rings is 1. The summed E-state index contributed by atoms with van der Waals surface area (Å²) in [4.78, 5) is 4.70. The number of azo groups is 1. The Morgan fingerprint density at radius 1 is 1.13 bits per heavy atom. The van der Waals surface area contributed by atoms with E-state index in [4.69, 9.17) is 9.72 Å². The van der Waals surface area contributed by atoms with Crippen LogP contribution in [-0.4, -0.2) is 16.5 Å². The van der Waals surface area contributed by atoms with Crippen molar-refractivity contribution in [3.8, 4) is 5.75 Å². The van der Waals surface area contributed by atoms with Crippen molar-refractivity contribution < 1.29 is 4.74 Å². The molecule has 3 aromatic rings. The average Bonchev–Trinajstić information content (AvgIpc) is 2.91. The molecule has 5 nitrogen and oxygen atoms in total. The van der Waals surface area contributed by atoms with E-state index in [0.29, 0.717) is 0 Å². The van der Waals surface area contributed by atoms with Crippen LogP contribution in [0, 0.1) is 6.92 Å². The van der Waals surface area contributed by atoms with Gasteiger partial charge in [0, 0.05) is 12.3 Å². The first-order chi connectivity index (χ1) is 11.1. The van der Waals surface area contributed by atoms with E-state index in [1.165, 1.54) is 5.56 Å². The van der Waals surface area contributed by atoms with Crippen molar-refractivity contribution in [2.75, 3.05) is 7.11 Å². The Morgan fingerprint density at radius 3 is 2.70 bits per heavy atom. The SMILES string of the molecule is COc1cccc(N=Nc2c(C(C)C)nc3cc(C)ccn23)c1. The molecule has 0 aliphatic carbocycles. The zero-order valence-corrected chi connectivity index (χ0v) is 13.8. The minimum atomic E-state index is 0.273. The molecule has 0 atom stereocenters. The molecular formula is C18H20N4O. The van der Waals surface area contributed by atoms with Crippen molar-refractivity contribution in [3.63, 3.8) is 0 Å². The second kappa shape index (κ2) is 6.20. The monoisotopic (exact) mass is 308 g/mol. The second-order valence-corrected chi connectivity index (χ2v) is 5.81. The number of hydrogen-bond donors (Lipinski definition) is 0. The molecule has 1 aromatic carbocycles. The zero-order chi connectivity index (χ0) is 16.4. The minimum Gasteiger partial charge on any atom is -0.497 e. The highest BCUT2D eigenvalue weighted by Gasteiger charge is 2.15. The summed E-state index contributed by atoms with van der Waals surface area (Å²) in [5.41, 5.74) is 3.77. The summed E-state index contributed by atoms with van der Waals surface area (Å²) in [6, 6.07) is 11.6. The summed E-state index contributed by atoms with van der Waals surface area (Å²) in [5, 5.41) is 8.82. The highest BCUT2D eigenvalue weighted by Crippen LogP contribution is 2.30. The van der Waals surface area contributed by atoms with Crippen LogP contribution in [-0.2, 0) is 0 Å². The fourth-order valence-corrected chi connectivity index (χ4v) is 2.42. The van der Waals surface area contributed by atoms with E-state index in [1.54, 1.807) is 7.11 Å². The maximum atomic E-state index is 5.22. The van der Waals surface area contributed by atoms with E-state index >= 15 is 0 Å². The Balaban J connectivity index is 2.07. The first-order valence-electron chi connectivity index (χ1n) is 7.63. The number of hydrogen-bond acceptors (Lipinski definition) is 4. The predicted octanol–water partition coefficient (Wildman–Crippen LogP) is 5.19. The minimum absolute atomic E-state index is 0.273. The number of ether oxygens (including phenoxy) is 1. The molecule has 0 aliphatic heterocycles. The molecule has 0 saturated heterocycles. The Hall–Kier alpha value is -2.69. The van der Waals surface area contributed by atoms with Gasteiger partial charge in [0.1, 0.15) is 11.4 Å². The van der Waals surface area contributed by atoms with E-state index < -0.39 is 0 Å². The van der Waals surface area contributed by atoms with Crippen LogP contribution in [0.2, 0.25) is 0 Å².